The Kier molecular flexibility index (Phi) is 3.28. The van der Waals surface area contributed by atoms with Crippen LogP contribution in [0.25, 0.3) is 0 Å². The molecule has 0 amide bonds. The minimum Gasteiger partial charge on any atom is -0.361 e. The Hall–Kier alpha value is -1.62. The van der Waals surface area contributed by atoms with E-state index < -0.39 is 0 Å². The highest BCUT2D eigenvalue weighted by molar-refractivity contribution is 5.20. The quantitative estimate of drug-likeness (QED) is 0.873. The van der Waals surface area contributed by atoms with Crippen molar-refractivity contribution in [3.05, 3.63) is 34.5 Å². The van der Waals surface area contributed by atoms with Crippen molar-refractivity contribution in [3.8, 4) is 0 Å². The molecule has 5 heteroatoms. The molecule has 0 fully saturated rings. The molecule has 0 radical (unpaired) electrons. The van der Waals surface area contributed by atoms with Gasteiger partial charge in [0.15, 0.2) is 0 Å². The zero-order valence-corrected chi connectivity index (χ0v) is 10.7. The number of aromatic nitrogens is 3. The van der Waals surface area contributed by atoms with Crippen LogP contribution >= 0.6 is 0 Å². The number of hydrogen-bond donors (Lipinski definition) is 1. The van der Waals surface area contributed by atoms with Crippen LogP contribution in [0, 0.1) is 20.8 Å². The fourth-order valence-electron chi connectivity index (χ4n) is 1.90. The molecule has 0 atom stereocenters. The Balaban J connectivity index is 1.94. The van der Waals surface area contributed by atoms with Gasteiger partial charge >= 0.3 is 0 Å². The molecule has 92 valence electrons. The molecule has 2 heterocycles. The molecule has 0 unspecified atom stereocenters. The summed E-state index contributed by atoms with van der Waals surface area (Å²) in [5.74, 6) is 0.885. The summed E-state index contributed by atoms with van der Waals surface area (Å²) in [4.78, 5) is 0. The molecular formula is C12H18N4O. The third-order valence-corrected chi connectivity index (χ3v) is 2.89. The molecule has 17 heavy (non-hydrogen) atoms. The van der Waals surface area contributed by atoms with Crippen molar-refractivity contribution in [1.82, 2.24) is 20.3 Å². The van der Waals surface area contributed by atoms with Gasteiger partial charge in [-0.2, -0.15) is 5.10 Å². The molecule has 2 aromatic rings. The van der Waals surface area contributed by atoms with Crippen LogP contribution < -0.4 is 5.32 Å². The minimum absolute atomic E-state index is 0.769. The van der Waals surface area contributed by atoms with Crippen LogP contribution in [0.15, 0.2) is 10.6 Å². The van der Waals surface area contributed by atoms with Crippen LogP contribution in [-0.4, -0.2) is 14.9 Å². The Morgan fingerprint density at radius 2 is 2.06 bits per heavy atom. The second-order valence-electron chi connectivity index (χ2n) is 4.31. The highest BCUT2D eigenvalue weighted by Crippen LogP contribution is 2.11. The summed E-state index contributed by atoms with van der Waals surface area (Å²) in [6, 6.07) is 2.08. The first-order valence-corrected chi connectivity index (χ1v) is 5.70. The van der Waals surface area contributed by atoms with E-state index in [1.165, 1.54) is 5.69 Å². The summed E-state index contributed by atoms with van der Waals surface area (Å²) in [7, 11) is 1.96. The van der Waals surface area contributed by atoms with E-state index >= 15 is 0 Å². The zero-order valence-electron chi connectivity index (χ0n) is 10.7. The van der Waals surface area contributed by atoms with E-state index in [0.29, 0.717) is 0 Å². The van der Waals surface area contributed by atoms with Crippen LogP contribution in [0.1, 0.15) is 28.4 Å². The van der Waals surface area contributed by atoms with Crippen LogP contribution in [0.5, 0.6) is 0 Å². The number of aryl methyl sites for hydroxylation is 4. The van der Waals surface area contributed by atoms with Crippen molar-refractivity contribution < 1.29 is 4.52 Å². The highest BCUT2D eigenvalue weighted by Gasteiger charge is 2.08. The van der Waals surface area contributed by atoms with E-state index in [2.05, 4.69) is 21.6 Å². The van der Waals surface area contributed by atoms with Gasteiger partial charge in [0, 0.05) is 25.7 Å². The number of nitrogens with one attached hydrogen (secondary N) is 1. The average molecular weight is 234 g/mol. The second-order valence-corrected chi connectivity index (χ2v) is 4.31. The smallest absolute Gasteiger partial charge is 0.138 e. The molecule has 0 aliphatic heterocycles. The second kappa shape index (κ2) is 4.71. The van der Waals surface area contributed by atoms with Crippen LogP contribution in [0.3, 0.4) is 0 Å². The Labute approximate surface area is 101 Å². The van der Waals surface area contributed by atoms with Gasteiger partial charge in [-0.3, -0.25) is 4.68 Å². The Bertz CT molecular complexity index is 493. The fraction of sp³-hybridized carbons (Fsp3) is 0.500. The van der Waals surface area contributed by atoms with E-state index in [1.807, 2.05) is 32.5 Å². The molecule has 2 rings (SSSR count). The molecular weight excluding hydrogens is 216 g/mol. The topological polar surface area (TPSA) is 55.9 Å². The van der Waals surface area contributed by atoms with Crippen molar-refractivity contribution >= 4 is 0 Å². The molecule has 0 aliphatic rings. The molecule has 0 aliphatic carbocycles. The monoisotopic (exact) mass is 234 g/mol. The zero-order chi connectivity index (χ0) is 12.4. The van der Waals surface area contributed by atoms with Gasteiger partial charge in [-0.15, -0.1) is 0 Å². The third-order valence-electron chi connectivity index (χ3n) is 2.89. The number of hydrogen-bond acceptors (Lipinski definition) is 4. The van der Waals surface area contributed by atoms with Gasteiger partial charge in [0.1, 0.15) is 5.76 Å². The van der Waals surface area contributed by atoms with Crippen molar-refractivity contribution in [2.45, 2.75) is 33.9 Å². The largest absolute Gasteiger partial charge is 0.361 e. The summed E-state index contributed by atoms with van der Waals surface area (Å²) in [6.07, 6.45) is 0. The maximum atomic E-state index is 5.12. The minimum atomic E-state index is 0.769. The van der Waals surface area contributed by atoms with E-state index in [1.54, 1.807) is 0 Å². The van der Waals surface area contributed by atoms with E-state index in [4.69, 9.17) is 4.52 Å². The lowest BCUT2D eigenvalue weighted by molar-refractivity contribution is 0.391. The maximum absolute atomic E-state index is 5.12. The van der Waals surface area contributed by atoms with Gasteiger partial charge < -0.3 is 9.84 Å². The van der Waals surface area contributed by atoms with E-state index in [-0.39, 0.29) is 0 Å². The number of rotatable bonds is 4. The summed E-state index contributed by atoms with van der Waals surface area (Å²) in [5, 5.41) is 11.6. The van der Waals surface area contributed by atoms with Crippen molar-refractivity contribution in [2.75, 3.05) is 0 Å². The molecule has 0 spiro atoms. The molecule has 0 saturated carbocycles. The lowest BCUT2D eigenvalue weighted by atomic mass is 10.2. The normalized spacial score (nSPS) is 11.1. The molecule has 0 saturated heterocycles. The van der Waals surface area contributed by atoms with Gasteiger partial charge in [-0.25, -0.2) is 0 Å². The van der Waals surface area contributed by atoms with Crippen molar-refractivity contribution in [1.29, 1.82) is 0 Å². The van der Waals surface area contributed by atoms with E-state index in [0.717, 1.165) is 35.8 Å². The summed E-state index contributed by atoms with van der Waals surface area (Å²) in [5.41, 5.74) is 4.32. The van der Waals surface area contributed by atoms with Gasteiger partial charge in [0.25, 0.3) is 0 Å². The van der Waals surface area contributed by atoms with Crippen molar-refractivity contribution in [2.24, 2.45) is 7.05 Å². The van der Waals surface area contributed by atoms with Gasteiger partial charge in [0.2, 0.25) is 0 Å². The first kappa shape index (κ1) is 11.9. The van der Waals surface area contributed by atoms with E-state index in [9.17, 15) is 0 Å². The SMILES string of the molecule is Cc1cc(CNCc2c(C)noc2C)n(C)n1. The first-order valence-electron chi connectivity index (χ1n) is 5.70. The molecule has 1 N–H and O–H groups in total. The summed E-state index contributed by atoms with van der Waals surface area (Å²) in [6.45, 7) is 7.46. The number of nitrogens with zero attached hydrogens (tertiary/aromatic N) is 3. The molecule has 2 aromatic heterocycles. The van der Waals surface area contributed by atoms with Crippen LogP contribution in [0.4, 0.5) is 0 Å². The third kappa shape index (κ3) is 2.55. The summed E-state index contributed by atoms with van der Waals surface area (Å²) < 4.78 is 7.02. The standard InChI is InChI=1S/C12H18N4O/c1-8-5-11(16(4)14-8)6-13-7-12-9(2)15-17-10(12)3/h5,13H,6-7H2,1-4H3. The highest BCUT2D eigenvalue weighted by atomic mass is 16.5. The lowest BCUT2D eigenvalue weighted by Crippen LogP contribution is -2.16. The lowest BCUT2D eigenvalue weighted by Gasteiger charge is -2.04. The predicted molar refractivity (Wildman–Crippen MR) is 64.5 cm³/mol. The summed E-state index contributed by atoms with van der Waals surface area (Å²) >= 11 is 0. The molecule has 0 aromatic carbocycles. The van der Waals surface area contributed by atoms with Gasteiger partial charge in [-0.1, -0.05) is 5.16 Å². The average Bonchev–Trinajstić information content (AvgIpc) is 2.74. The molecule has 0 bridgehead atoms. The van der Waals surface area contributed by atoms with Gasteiger partial charge in [0.05, 0.1) is 17.1 Å². The van der Waals surface area contributed by atoms with Crippen LogP contribution in [-0.2, 0) is 20.1 Å². The van der Waals surface area contributed by atoms with Crippen LogP contribution in [0.2, 0.25) is 0 Å². The van der Waals surface area contributed by atoms with Crippen molar-refractivity contribution in [3.63, 3.8) is 0 Å². The Morgan fingerprint density at radius 1 is 1.29 bits per heavy atom. The molecule has 5 nitrogen and oxygen atoms in total. The van der Waals surface area contributed by atoms with Gasteiger partial charge in [-0.05, 0) is 26.8 Å². The predicted octanol–water partition coefficient (Wildman–Crippen LogP) is 1.62. The maximum Gasteiger partial charge on any atom is 0.138 e. The fourth-order valence-corrected chi connectivity index (χ4v) is 1.90. The first-order chi connectivity index (χ1) is 8.08. The Morgan fingerprint density at radius 3 is 2.59 bits per heavy atom.